The number of nitrogens with one attached hydrogen (secondary N) is 1. The Morgan fingerprint density at radius 3 is 2.48 bits per heavy atom. The van der Waals surface area contributed by atoms with E-state index in [-0.39, 0.29) is 16.3 Å². The van der Waals surface area contributed by atoms with Crippen LogP contribution in [0.2, 0.25) is 0 Å². The summed E-state index contributed by atoms with van der Waals surface area (Å²) >= 11 is 0. The Morgan fingerprint density at radius 2 is 1.92 bits per heavy atom. The molecule has 0 unspecified atom stereocenters. The first-order valence-corrected chi connectivity index (χ1v) is 7.99. The molecule has 0 bridgehead atoms. The summed E-state index contributed by atoms with van der Waals surface area (Å²) in [7, 11) is -4.03. The number of sulfonamides is 1. The van der Waals surface area contributed by atoms with E-state index in [1.165, 1.54) is 0 Å². The lowest BCUT2D eigenvalue weighted by Crippen LogP contribution is -2.18. The minimum atomic E-state index is -4.48. The number of ether oxygens (including phenoxy) is 1. The summed E-state index contributed by atoms with van der Waals surface area (Å²) in [6.07, 6.45) is -2.26. The van der Waals surface area contributed by atoms with E-state index in [4.69, 9.17) is 0 Å². The fraction of sp³-hybridized carbons (Fsp3) is 0.250. The molecule has 0 saturated carbocycles. The van der Waals surface area contributed by atoms with Crippen LogP contribution in [0, 0.1) is 10.1 Å². The van der Waals surface area contributed by atoms with Gasteiger partial charge < -0.3 is 4.74 Å². The molecule has 0 aliphatic rings. The van der Waals surface area contributed by atoms with E-state index < -0.39 is 34.5 Å². The summed E-state index contributed by atoms with van der Waals surface area (Å²) in [6.45, 7) is -1.98. The maximum atomic E-state index is 12.1. The third-order valence-corrected chi connectivity index (χ3v) is 4.13. The molecule has 1 aromatic heterocycles. The summed E-state index contributed by atoms with van der Waals surface area (Å²) in [5.41, 5.74) is -0.275. The molecule has 136 valence electrons. The highest BCUT2D eigenvalue weighted by Gasteiger charge is 2.27. The fourth-order valence-electron chi connectivity index (χ4n) is 1.70. The second kappa shape index (κ2) is 7.06. The normalized spacial score (nSPS) is 12.1. The number of benzene rings is 1. The van der Waals surface area contributed by atoms with Crippen LogP contribution in [0.3, 0.4) is 0 Å². The number of non-ortho nitro benzene ring substituents is 1. The number of halogens is 3. The summed E-state index contributed by atoms with van der Waals surface area (Å²) in [5.74, 6) is 0. The minimum absolute atomic E-state index is 0.00559. The molecule has 0 aliphatic carbocycles. The standard InChI is InChI=1S/C12H11F3N4O5S/c13-12(14,15)7-24-8-18-6-9(5-16-18)17-25(22,23)11-3-1-10(2-4-11)19(20)21/h1-6,17H,7-8H2. The number of nitrogens with zero attached hydrogens (tertiary/aromatic N) is 3. The Balaban J connectivity index is 2.02. The monoisotopic (exact) mass is 380 g/mol. The van der Waals surface area contributed by atoms with Crippen LogP contribution < -0.4 is 4.72 Å². The number of anilines is 1. The van der Waals surface area contributed by atoms with Crippen LogP contribution in [0.1, 0.15) is 0 Å². The van der Waals surface area contributed by atoms with Crippen molar-refractivity contribution in [3.8, 4) is 0 Å². The maximum Gasteiger partial charge on any atom is 0.411 e. The topological polar surface area (TPSA) is 116 Å². The van der Waals surface area contributed by atoms with Crippen molar-refractivity contribution >= 4 is 21.4 Å². The molecular formula is C12H11F3N4O5S. The van der Waals surface area contributed by atoms with E-state index >= 15 is 0 Å². The van der Waals surface area contributed by atoms with Gasteiger partial charge in [0.15, 0.2) is 0 Å². The molecule has 2 rings (SSSR count). The highest BCUT2D eigenvalue weighted by molar-refractivity contribution is 7.92. The highest BCUT2D eigenvalue weighted by atomic mass is 32.2. The summed E-state index contributed by atoms with van der Waals surface area (Å²) in [4.78, 5) is 9.66. The maximum absolute atomic E-state index is 12.1. The first-order valence-electron chi connectivity index (χ1n) is 6.51. The molecule has 0 aliphatic heterocycles. The molecule has 0 spiro atoms. The third-order valence-electron chi connectivity index (χ3n) is 2.73. The Kier molecular flexibility index (Phi) is 5.27. The van der Waals surface area contributed by atoms with Crippen molar-refractivity contribution in [3.63, 3.8) is 0 Å². The van der Waals surface area contributed by atoms with Crippen LogP contribution in [0.4, 0.5) is 24.5 Å². The highest BCUT2D eigenvalue weighted by Crippen LogP contribution is 2.19. The minimum Gasteiger partial charge on any atom is -0.350 e. The van der Waals surface area contributed by atoms with Crippen molar-refractivity contribution in [2.75, 3.05) is 11.3 Å². The van der Waals surface area contributed by atoms with E-state index in [2.05, 4.69) is 14.6 Å². The largest absolute Gasteiger partial charge is 0.411 e. The number of hydrogen-bond donors (Lipinski definition) is 1. The molecular weight excluding hydrogens is 369 g/mol. The van der Waals surface area contributed by atoms with Gasteiger partial charge in [-0.25, -0.2) is 13.1 Å². The zero-order valence-electron chi connectivity index (χ0n) is 12.3. The van der Waals surface area contributed by atoms with E-state index in [1.807, 2.05) is 0 Å². The third kappa shape index (κ3) is 5.42. The lowest BCUT2D eigenvalue weighted by Gasteiger charge is -2.07. The van der Waals surface area contributed by atoms with Crippen LogP contribution in [0.5, 0.6) is 0 Å². The van der Waals surface area contributed by atoms with Gasteiger partial charge in [-0.3, -0.25) is 14.8 Å². The van der Waals surface area contributed by atoms with Crippen LogP contribution >= 0.6 is 0 Å². The lowest BCUT2D eigenvalue weighted by molar-refractivity contribution is -0.384. The van der Waals surface area contributed by atoms with Crippen molar-refractivity contribution in [1.82, 2.24) is 9.78 Å². The second-order valence-electron chi connectivity index (χ2n) is 4.72. The van der Waals surface area contributed by atoms with Crippen molar-refractivity contribution in [2.45, 2.75) is 17.8 Å². The predicted molar refractivity (Wildman–Crippen MR) is 78.1 cm³/mol. The zero-order chi connectivity index (χ0) is 18.7. The average molecular weight is 380 g/mol. The van der Waals surface area contributed by atoms with E-state index in [0.29, 0.717) is 0 Å². The van der Waals surface area contributed by atoms with Crippen LogP contribution in [0.15, 0.2) is 41.6 Å². The first-order chi connectivity index (χ1) is 11.6. The van der Waals surface area contributed by atoms with Crippen molar-refractivity contribution < 1.29 is 31.2 Å². The molecule has 25 heavy (non-hydrogen) atoms. The van der Waals surface area contributed by atoms with E-state index in [1.54, 1.807) is 0 Å². The Morgan fingerprint density at radius 1 is 1.28 bits per heavy atom. The number of hydrogen-bond acceptors (Lipinski definition) is 6. The van der Waals surface area contributed by atoms with Gasteiger partial charge in [0.1, 0.15) is 13.3 Å². The molecule has 0 amide bonds. The van der Waals surface area contributed by atoms with Gasteiger partial charge in [0, 0.05) is 12.1 Å². The Bertz CT molecular complexity index is 848. The lowest BCUT2D eigenvalue weighted by atomic mass is 10.3. The van der Waals surface area contributed by atoms with Gasteiger partial charge in [0.25, 0.3) is 15.7 Å². The van der Waals surface area contributed by atoms with Gasteiger partial charge in [0.2, 0.25) is 0 Å². The van der Waals surface area contributed by atoms with E-state index in [9.17, 15) is 31.7 Å². The number of nitro groups is 1. The molecule has 1 aromatic carbocycles. The van der Waals surface area contributed by atoms with Gasteiger partial charge in [-0.1, -0.05) is 0 Å². The van der Waals surface area contributed by atoms with Gasteiger partial charge in [-0.15, -0.1) is 0 Å². The number of nitro benzene ring substituents is 1. The molecule has 13 heteroatoms. The quantitative estimate of drug-likeness (QED) is 0.581. The van der Waals surface area contributed by atoms with Crippen molar-refractivity contribution in [2.24, 2.45) is 0 Å². The molecule has 0 fully saturated rings. The van der Waals surface area contributed by atoms with Crippen LogP contribution in [0.25, 0.3) is 0 Å². The van der Waals surface area contributed by atoms with Gasteiger partial charge in [-0.2, -0.15) is 18.3 Å². The number of alkyl halides is 3. The summed E-state index contributed by atoms with van der Waals surface area (Å²) < 4.78 is 67.7. The molecule has 0 radical (unpaired) electrons. The SMILES string of the molecule is O=[N+]([O-])c1ccc(S(=O)(=O)Nc2cnn(COCC(F)(F)F)c2)cc1. The second-order valence-corrected chi connectivity index (χ2v) is 6.40. The number of aromatic nitrogens is 2. The molecule has 0 atom stereocenters. The Labute approximate surface area is 139 Å². The molecule has 2 aromatic rings. The molecule has 0 saturated heterocycles. The predicted octanol–water partition coefficient (Wildman–Crippen LogP) is 2.13. The summed E-state index contributed by atoms with van der Waals surface area (Å²) in [6, 6.07) is 4.17. The molecule has 9 nitrogen and oxygen atoms in total. The van der Waals surface area contributed by atoms with E-state index in [0.717, 1.165) is 41.3 Å². The van der Waals surface area contributed by atoms with Crippen molar-refractivity contribution in [3.05, 3.63) is 46.8 Å². The Hall–Kier alpha value is -2.67. The van der Waals surface area contributed by atoms with Crippen molar-refractivity contribution in [1.29, 1.82) is 0 Å². The molecule has 1 N–H and O–H groups in total. The zero-order valence-corrected chi connectivity index (χ0v) is 13.1. The first kappa shape index (κ1) is 18.7. The molecule has 1 heterocycles. The smallest absolute Gasteiger partial charge is 0.350 e. The summed E-state index contributed by atoms with van der Waals surface area (Å²) in [5, 5.41) is 14.2. The van der Waals surface area contributed by atoms with Gasteiger partial charge in [0.05, 0.1) is 27.9 Å². The van der Waals surface area contributed by atoms with Crippen LogP contribution in [-0.2, 0) is 21.5 Å². The fourth-order valence-corrected chi connectivity index (χ4v) is 2.73. The van der Waals surface area contributed by atoms with Crippen LogP contribution in [-0.4, -0.2) is 35.9 Å². The van der Waals surface area contributed by atoms with Gasteiger partial charge >= 0.3 is 6.18 Å². The van der Waals surface area contributed by atoms with Gasteiger partial charge in [-0.05, 0) is 12.1 Å². The average Bonchev–Trinajstić information content (AvgIpc) is 2.92. The number of rotatable bonds is 7.